The van der Waals surface area contributed by atoms with Crippen LogP contribution >= 0.6 is 27.7 Å². The molecule has 0 spiro atoms. The Morgan fingerprint density at radius 2 is 2.20 bits per heavy atom. The zero-order valence-corrected chi connectivity index (χ0v) is 13.7. The molecule has 108 valence electrons. The minimum atomic E-state index is -0.939. The molecule has 1 aromatic rings. The van der Waals surface area contributed by atoms with E-state index in [1.807, 2.05) is 26.0 Å². The van der Waals surface area contributed by atoms with Crippen molar-refractivity contribution in [3.63, 3.8) is 0 Å². The van der Waals surface area contributed by atoms with Gasteiger partial charge in [0.15, 0.2) is 0 Å². The fraction of sp³-hybridized carbons (Fsp3) is 0.429. The third kappa shape index (κ3) is 2.72. The molecule has 0 aliphatic carbocycles. The summed E-state index contributed by atoms with van der Waals surface area (Å²) in [4.78, 5) is 25.6. The molecule has 0 saturated carbocycles. The second-order valence-electron chi connectivity index (χ2n) is 4.70. The summed E-state index contributed by atoms with van der Waals surface area (Å²) in [5.41, 5.74) is 1.49. The Kier molecular flexibility index (Phi) is 4.75. The summed E-state index contributed by atoms with van der Waals surface area (Å²) in [6, 6.07) is 4.71. The average Bonchev–Trinajstić information content (AvgIpc) is 2.85. The van der Waals surface area contributed by atoms with Crippen molar-refractivity contribution in [1.82, 2.24) is 4.90 Å². The lowest BCUT2D eigenvalue weighted by Crippen LogP contribution is -2.45. The zero-order valence-electron chi connectivity index (χ0n) is 11.3. The summed E-state index contributed by atoms with van der Waals surface area (Å²) in [7, 11) is 0. The Hall–Kier alpha value is -1.01. The first-order valence-electron chi connectivity index (χ1n) is 6.39. The fourth-order valence-corrected chi connectivity index (χ4v) is 4.07. The van der Waals surface area contributed by atoms with E-state index >= 15 is 0 Å². The van der Waals surface area contributed by atoms with Crippen LogP contribution < -0.4 is 0 Å². The van der Waals surface area contributed by atoms with Gasteiger partial charge >= 0.3 is 5.97 Å². The molecule has 4 nitrogen and oxygen atoms in total. The van der Waals surface area contributed by atoms with Crippen LogP contribution in [-0.2, 0) is 4.79 Å². The Morgan fingerprint density at radius 1 is 1.50 bits per heavy atom. The third-order valence-electron chi connectivity index (χ3n) is 3.38. The molecule has 0 radical (unpaired) electrons. The summed E-state index contributed by atoms with van der Waals surface area (Å²) >= 11 is 4.95. The molecule has 0 aromatic heterocycles. The van der Waals surface area contributed by atoms with E-state index in [1.165, 1.54) is 16.7 Å². The predicted molar refractivity (Wildman–Crippen MR) is 83.0 cm³/mol. The number of hydrogen-bond donors (Lipinski definition) is 1. The molecule has 0 bridgehead atoms. The predicted octanol–water partition coefficient (Wildman–Crippen LogP) is 3.14. The molecule has 1 aliphatic heterocycles. The molecule has 1 heterocycles. The SMILES string of the molecule is CCC1SCC(C(=O)O)N1C(=O)c1cccc(C)c1Br. The maximum Gasteiger partial charge on any atom is 0.327 e. The molecule has 1 amide bonds. The van der Waals surface area contributed by atoms with Gasteiger partial charge < -0.3 is 10.0 Å². The number of benzene rings is 1. The Morgan fingerprint density at radius 3 is 2.80 bits per heavy atom. The quantitative estimate of drug-likeness (QED) is 0.902. The van der Waals surface area contributed by atoms with Crippen LogP contribution in [0.5, 0.6) is 0 Å². The van der Waals surface area contributed by atoms with Gasteiger partial charge in [0.05, 0.1) is 10.9 Å². The van der Waals surface area contributed by atoms with Crippen molar-refractivity contribution in [1.29, 1.82) is 0 Å². The molecule has 2 atom stereocenters. The number of aryl methyl sites for hydroxylation is 1. The molecule has 6 heteroatoms. The van der Waals surface area contributed by atoms with E-state index in [0.29, 0.717) is 11.3 Å². The monoisotopic (exact) mass is 357 g/mol. The molecule has 1 saturated heterocycles. The topological polar surface area (TPSA) is 57.6 Å². The summed E-state index contributed by atoms with van der Waals surface area (Å²) in [6.45, 7) is 3.87. The number of rotatable bonds is 3. The molecule has 1 fully saturated rings. The molecule has 2 rings (SSSR count). The van der Waals surface area contributed by atoms with Crippen LogP contribution in [0.2, 0.25) is 0 Å². The number of carboxylic acids is 1. The molecule has 2 unspecified atom stereocenters. The van der Waals surface area contributed by atoms with Gasteiger partial charge in [0.25, 0.3) is 5.91 Å². The summed E-state index contributed by atoms with van der Waals surface area (Å²) in [5.74, 6) is -0.710. The van der Waals surface area contributed by atoms with Gasteiger partial charge in [-0.05, 0) is 40.9 Å². The number of hydrogen-bond acceptors (Lipinski definition) is 3. The van der Waals surface area contributed by atoms with Gasteiger partial charge in [0, 0.05) is 10.2 Å². The lowest BCUT2D eigenvalue weighted by molar-refractivity contribution is -0.141. The van der Waals surface area contributed by atoms with Crippen LogP contribution in [0.4, 0.5) is 0 Å². The number of amides is 1. The molecule has 1 N–H and O–H groups in total. The van der Waals surface area contributed by atoms with Crippen molar-refractivity contribution in [3.8, 4) is 0 Å². The van der Waals surface area contributed by atoms with Gasteiger partial charge in [0.2, 0.25) is 0 Å². The lowest BCUT2D eigenvalue weighted by atomic mass is 10.1. The van der Waals surface area contributed by atoms with Crippen LogP contribution in [0.15, 0.2) is 22.7 Å². The first-order valence-corrected chi connectivity index (χ1v) is 8.23. The van der Waals surface area contributed by atoms with Gasteiger partial charge in [0.1, 0.15) is 6.04 Å². The number of thioether (sulfide) groups is 1. The maximum absolute atomic E-state index is 12.7. The van der Waals surface area contributed by atoms with Gasteiger partial charge in [-0.3, -0.25) is 4.79 Å². The van der Waals surface area contributed by atoms with Crippen molar-refractivity contribution in [2.24, 2.45) is 0 Å². The Balaban J connectivity index is 2.38. The van der Waals surface area contributed by atoms with Crippen LogP contribution in [0.3, 0.4) is 0 Å². The van der Waals surface area contributed by atoms with E-state index in [0.717, 1.165) is 16.5 Å². The van der Waals surface area contributed by atoms with Crippen LogP contribution in [-0.4, -0.2) is 39.1 Å². The minimum absolute atomic E-state index is 0.0731. The summed E-state index contributed by atoms with van der Waals surface area (Å²) in [6.07, 6.45) is 0.740. The summed E-state index contributed by atoms with van der Waals surface area (Å²) < 4.78 is 0.737. The second-order valence-corrected chi connectivity index (χ2v) is 6.70. The number of nitrogens with zero attached hydrogens (tertiary/aromatic N) is 1. The largest absolute Gasteiger partial charge is 0.480 e. The smallest absolute Gasteiger partial charge is 0.327 e. The van der Waals surface area contributed by atoms with Crippen molar-refractivity contribution in [2.75, 3.05) is 5.75 Å². The first kappa shape index (κ1) is 15.4. The second kappa shape index (κ2) is 6.18. The van der Waals surface area contributed by atoms with Crippen molar-refractivity contribution in [2.45, 2.75) is 31.7 Å². The number of carboxylic acid groups (broad SMARTS) is 1. The van der Waals surface area contributed by atoms with Crippen LogP contribution in [0, 0.1) is 6.92 Å². The summed E-state index contributed by atoms with van der Waals surface area (Å²) in [5, 5.41) is 9.22. The normalized spacial score (nSPS) is 22.1. The van der Waals surface area contributed by atoms with E-state index in [9.17, 15) is 14.7 Å². The van der Waals surface area contributed by atoms with Crippen molar-refractivity contribution < 1.29 is 14.7 Å². The van der Waals surface area contributed by atoms with Gasteiger partial charge in [-0.15, -0.1) is 11.8 Å². The van der Waals surface area contributed by atoms with Crippen LogP contribution in [0.25, 0.3) is 0 Å². The van der Waals surface area contributed by atoms with E-state index in [-0.39, 0.29) is 11.3 Å². The highest BCUT2D eigenvalue weighted by Gasteiger charge is 2.41. The van der Waals surface area contributed by atoms with Gasteiger partial charge in [-0.25, -0.2) is 4.79 Å². The Labute approximate surface area is 130 Å². The highest BCUT2D eigenvalue weighted by Crippen LogP contribution is 2.34. The molecule has 20 heavy (non-hydrogen) atoms. The molecule has 1 aromatic carbocycles. The van der Waals surface area contributed by atoms with Gasteiger partial charge in [-0.2, -0.15) is 0 Å². The van der Waals surface area contributed by atoms with E-state index in [4.69, 9.17) is 0 Å². The number of carbonyl (C=O) groups excluding carboxylic acids is 1. The van der Waals surface area contributed by atoms with Crippen molar-refractivity contribution >= 4 is 39.6 Å². The number of halogens is 1. The highest BCUT2D eigenvalue weighted by molar-refractivity contribution is 9.10. The van der Waals surface area contributed by atoms with Crippen molar-refractivity contribution in [3.05, 3.63) is 33.8 Å². The van der Waals surface area contributed by atoms with E-state index in [1.54, 1.807) is 6.07 Å². The zero-order chi connectivity index (χ0) is 14.9. The fourth-order valence-electron chi connectivity index (χ4n) is 2.29. The standard InChI is InChI=1S/C14H16BrNO3S/c1-3-11-16(10(7-20-11)14(18)19)13(17)9-6-4-5-8(2)12(9)15/h4-6,10-11H,3,7H2,1-2H3,(H,18,19). The Bertz CT molecular complexity index is 549. The molecule has 1 aliphatic rings. The average molecular weight is 358 g/mol. The minimum Gasteiger partial charge on any atom is -0.480 e. The maximum atomic E-state index is 12.7. The van der Waals surface area contributed by atoms with E-state index < -0.39 is 12.0 Å². The van der Waals surface area contributed by atoms with Gasteiger partial charge in [-0.1, -0.05) is 19.1 Å². The lowest BCUT2D eigenvalue weighted by Gasteiger charge is -2.27. The third-order valence-corrected chi connectivity index (χ3v) is 5.89. The molecular weight excluding hydrogens is 342 g/mol. The van der Waals surface area contributed by atoms with E-state index in [2.05, 4.69) is 15.9 Å². The molecular formula is C14H16BrNO3S. The first-order chi connectivity index (χ1) is 9.47. The number of aliphatic carboxylic acids is 1. The number of carbonyl (C=O) groups is 2. The van der Waals surface area contributed by atoms with Crippen LogP contribution in [0.1, 0.15) is 29.3 Å². The highest BCUT2D eigenvalue weighted by atomic mass is 79.9.